The molecule has 0 spiro atoms. The van der Waals surface area contributed by atoms with Gasteiger partial charge in [0.1, 0.15) is 5.76 Å². The van der Waals surface area contributed by atoms with Gasteiger partial charge in [-0.2, -0.15) is 0 Å². The van der Waals surface area contributed by atoms with Crippen molar-refractivity contribution in [3.63, 3.8) is 0 Å². The molecule has 0 saturated heterocycles. The van der Waals surface area contributed by atoms with Crippen LogP contribution in [0.1, 0.15) is 5.76 Å². The summed E-state index contributed by atoms with van der Waals surface area (Å²) in [5.41, 5.74) is 0. The smallest absolute Gasteiger partial charge is 0.108 e. The van der Waals surface area contributed by atoms with Gasteiger partial charge in [0.05, 0.1) is 6.26 Å². The van der Waals surface area contributed by atoms with Gasteiger partial charge in [-0.15, -0.1) is 0 Å². The largest absolute Gasteiger partial charge is 0.469 e. The Labute approximate surface area is 82.0 Å². The van der Waals surface area contributed by atoms with E-state index in [1.807, 2.05) is 13.0 Å². The molecule has 0 amide bonds. The van der Waals surface area contributed by atoms with Gasteiger partial charge in [-0.25, -0.2) is 0 Å². The Morgan fingerprint density at radius 2 is 1.71 bits per heavy atom. The van der Waals surface area contributed by atoms with Crippen molar-refractivity contribution in [2.24, 2.45) is 0 Å². The fourth-order valence-electron chi connectivity index (χ4n) is 1.91. The fourth-order valence-corrected chi connectivity index (χ4v) is 1.91. The third-order valence-corrected chi connectivity index (χ3v) is 2.68. The Balaban J connectivity index is 2.57. The SMILES string of the molecule is Cc1occc2cc3cccc3cc12. The summed E-state index contributed by atoms with van der Waals surface area (Å²) in [4.78, 5) is 0. The highest BCUT2D eigenvalue weighted by Gasteiger charge is 2.01. The summed E-state index contributed by atoms with van der Waals surface area (Å²) >= 11 is 0. The lowest BCUT2D eigenvalue weighted by atomic mass is 10.1. The summed E-state index contributed by atoms with van der Waals surface area (Å²) in [5, 5.41) is 5.02. The maximum absolute atomic E-state index is 5.37. The molecule has 68 valence electrons. The number of fused-ring (bicyclic) bond motifs is 2. The molecular weight excluding hydrogens is 172 g/mol. The maximum Gasteiger partial charge on any atom is 0.108 e. The van der Waals surface area contributed by atoms with Gasteiger partial charge in [-0.1, -0.05) is 18.2 Å². The Morgan fingerprint density at radius 3 is 2.57 bits per heavy atom. The Kier molecular flexibility index (Phi) is 1.42. The molecule has 1 heteroatoms. The fraction of sp³-hybridized carbons (Fsp3) is 0.0769. The van der Waals surface area contributed by atoms with E-state index in [2.05, 4.69) is 30.3 Å². The predicted octanol–water partition coefficient (Wildman–Crippen LogP) is 3.89. The molecular formula is C13H10O. The normalized spacial score (nSPS) is 11.2. The van der Waals surface area contributed by atoms with E-state index in [4.69, 9.17) is 4.42 Å². The number of benzene rings is 1. The molecule has 0 aliphatic rings. The molecule has 14 heavy (non-hydrogen) atoms. The highest BCUT2D eigenvalue weighted by Crippen LogP contribution is 2.25. The van der Waals surface area contributed by atoms with E-state index in [0.29, 0.717) is 0 Å². The third-order valence-electron chi connectivity index (χ3n) is 2.68. The van der Waals surface area contributed by atoms with Crippen LogP contribution in [0.2, 0.25) is 0 Å². The molecule has 0 aliphatic carbocycles. The van der Waals surface area contributed by atoms with Crippen LogP contribution >= 0.6 is 0 Å². The molecule has 0 aliphatic heterocycles. The summed E-state index contributed by atoms with van der Waals surface area (Å²) in [6, 6.07) is 12.7. The lowest BCUT2D eigenvalue weighted by Gasteiger charge is -2.01. The predicted molar refractivity (Wildman–Crippen MR) is 58.5 cm³/mol. The quantitative estimate of drug-likeness (QED) is 0.514. The Hall–Kier alpha value is -1.76. The molecule has 1 nitrogen and oxygen atoms in total. The van der Waals surface area contributed by atoms with Crippen molar-refractivity contribution in [1.29, 1.82) is 0 Å². The van der Waals surface area contributed by atoms with E-state index in [9.17, 15) is 0 Å². The van der Waals surface area contributed by atoms with Crippen LogP contribution in [0.3, 0.4) is 0 Å². The summed E-state index contributed by atoms with van der Waals surface area (Å²) in [5.74, 6) is 0.977. The first-order chi connectivity index (χ1) is 6.84. The number of hydrogen-bond acceptors (Lipinski definition) is 1. The van der Waals surface area contributed by atoms with Gasteiger partial charge in [-0.3, -0.25) is 0 Å². The molecule has 0 radical (unpaired) electrons. The first-order valence-electron chi connectivity index (χ1n) is 4.71. The first kappa shape index (κ1) is 7.63. The van der Waals surface area contributed by atoms with Crippen LogP contribution in [0.15, 0.2) is 47.1 Å². The molecule has 3 aromatic rings. The topological polar surface area (TPSA) is 13.1 Å². The average Bonchev–Trinajstić information content (AvgIpc) is 2.62. The van der Waals surface area contributed by atoms with Crippen LogP contribution in [0, 0.1) is 6.92 Å². The molecule has 0 saturated carbocycles. The minimum Gasteiger partial charge on any atom is -0.469 e. The van der Waals surface area contributed by atoms with E-state index in [1.165, 1.54) is 21.5 Å². The zero-order chi connectivity index (χ0) is 9.54. The van der Waals surface area contributed by atoms with Gasteiger partial charge in [-0.05, 0) is 41.3 Å². The molecule has 0 fully saturated rings. The second-order valence-corrected chi connectivity index (χ2v) is 3.57. The van der Waals surface area contributed by atoms with Crippen LogP contribution in [-0.4, -0.2) is 0 Å². The number of aryl methyl sites for hydroxylation is 1. The highest BCUT2D eigenvalue weighted by atomic mass is 16.3. The number of hydrogen-bond donors (Lipinski definition) is 0. The lowest BCUT2D eigenvalue weighted by molar-refractivity contribution is 0.525. The summed E-state index contributed by atoms with van der Waals surface area (Å²) in [6.45, 7) is 2.00. The van der Waals surface area contributed by atoms with Crippen LogP contribution in [0.25, 0.3) is 21.5 Å². The van der Waals surface area contributed by atoms with Crippen molar-refractivity contribution >= 4 is 21.5 Å². The van der Waals surface area contributed by atoms with Crippen molar-refractivity contribution in [2.75, 3.05) is 0 Å². The second-order valence-electron chi connectivity index (χ2n) is 3.57. The highest BCUT2D eigenvalue weighted by molar-refractivity contribution is 5.99. The zero-order valence-electron chi connectivity index (χ0n) is 7.95. The van der Waals surface area contributed by atoms with Gasteiger partial charge in [0, 0.05) is 5.39 Å². The standard InChI is InChI=1S/C13H10O/c1-9-13-8-11-4-2-3-10(11)7-12(13)5-6-14-9/h2-8H,1H3. The van der Waals surface area contributed by atoms with Crippen LogP contribution in [-0.2, 0) is 0 Å². The molecule has 0 N–H and O–H groups in total. The number of rotatable bonds is 0. The van der Waals surface area contributed by atoms with Crippen molar-refractivity contribution in [3.8, 4) is 0 Å². The minimum absolute atomic E-state index is 0.977. The summed E-state index contributed by atoms with van der Waals surface area (Å²) < 4.78 is 5.37. The zero-order valence-corrected chi connectivity index (χ0v) is 7.95. The van der Waals surface area contributed by atoms with Gasteiger partial charge in [0.15, 0.2) is 0 Å². The van der Waals surface area contributed by atoms with Gasteiger partial charge >= 0.3 is 0 Å². The van der Waals surface area contributed by atoms with E-state index in [1.54, 1.807) is 6.26 Å². The van der Waals surface area contributed by atoms with Crippen molar-refractivity contribution in [3.05, 3.63) is 48.4 Å². The Morgan fingerprint density at radius 1 is 0.929 bits per heavy atom. The summed E-state index contributed by atoms with van der Waals surface area (Å²) in [6.07, 6.45) is 1.74. The van der Waals surface area contributed by atoms with E-state index in [-0.39, 0.29) is 0 Å². The van der Waals surface area contributed by atoms with Crippen LogP contribution in [0.5, 0.6) is 0 Å². The van der Waals surface area contributed by atoms with Gasteiger partial charge in [0.2, 0.25) is 0 Å². The van der Waals surface area contributed by atoms with Crippen LogP contribution < -0.4 is 0 Å². The monoisotopic (exact) mass is 182 g/mol. The molecule has 1 aromatic heterocycles. The van der Waals surface area contributed by atoms with E-state index < -0.39 is 0 Å². The molecule has 0 bridgehead atoms. The second kappa shape index (κ2) is 2.61. The van der Waals surface area contributed by atoms with Crippen molar-refractivity contribution < 1.29 is 4.42 Å². The van der Waals surface area contributed by atoms with Gasteiger partial charge < -0.3 is 4.42 Å². The van der Waals surface area contributed by atoms with Crippen molar-refractivity contribution in [2.45, 2.75) is 6.92 Å². The molecule has 0 unspecified atom stereocenters. The minimum atomic E-state index is 0.977. The van der Waals surface area contributed by atoms with E-state index >= 15 is 0 Å². The molecule has 3 rings (SSSR count). The van der Waals surface area contributed by atoms with Crippen LogP contribution in [0.4, 0.5) is 0 Å². The average molecular weight is 182 g/mol. The van der Waals surface area contributed by atoms with E-state index in [0.717, 1.165) is 5.76 Å². The summed E-state index contributed by atoms with van der Waals surface area (Å²) in [7, 11) is 0. The Bertz CT molecular complexity index is 605. The molecule has 2 aromatic carbocycles. The van der Waals surface area contributed by atoms with Crippen molar-refractivity contribution in [1.82, 2.24) is 0 Å². The molecule has 0 atom stereocenters. The van der Waals surface area contributed by atoms with Gasteiger partial charge in [0.25, 0.3) is 0 Å². The maximum atomic E-state index is 5.37. The first-order valence-corrected chi connectivity index (χ1v) is 4.71. The molecule has 1 heterocycles. The lowest BCUT2D eigenvalue weighted by Crippen LogP contribution is -1.77. The third kappa shape index (κ3) is 0.956.